The van der Waals surface area contributed by atoms with Crippen molar-refractivity contribution in [2.24, 2.45) is 11.7 Å². The van der Waals surface area contributed by atoms with Gasteiger partial charge in [-0.15, -0.1) is 0 Å². The van der Waals surface area contributed by atoms with Crippen LogP contribution in [0.1, 0.15) is 17.4 Å². The first-order valence-corrected chi connectivity index (χ1v) is 6.28. The van der Waals surface area contributed by atoms with Gasteiger partial charge in [-0.05, 0) is 24.6 Å². The third-order valence-electron chi connectivity index (χ3n) is 2.92. The number of nitrogens with two attached hydrogens (primary N) is 1. The molecule has 0 aliphatic carbocycles. The molecule has 1 unspecified atom stereocenters. The Labute approximate surface area is 112 Å². The number of nitrogens with one attached hydrogen (secondary N) is 1. The van der Waals surface area contributed by atoms with Crippen molar-refractivity contribution in [3.8, 4) is 5.69 Å². The molecule has 3 N–H and O–H groups in total. The minimum Gasteiger partial charge on any atom is -0.350 e. The molecule has 0 spiro atoms. The standard InChI is InChI=1S/C14H18N4O/c1-11(7-15)8-17-14(19)13-9-16-10-18(13)12-5-3-2-4-6-12/h2-6,9-11H,7-8,15H2,1H3,(H,17,19). The highest BCUT2D eigenvalue weighted by Crippen LogP contribution is 2.10. The second kappa shape index (κ2) is 6.15. The number of para-hydroxylation sites is 1. The first-order chi connectivity index (χ1) is 9.22. The number of benzene rings is 1. The van der Waals surface area contributed by atoms with Crippen LogP contribution in [0.15, 0.2) is 42.9 Å². The Hall–Kier alpha value is -2.14. The summed E-state index contributed by atoms with van der Waals surface area (Å²) in [4.78, 5) is 16.2. The smallest absolute Gasteiger partial charge is 0.269 e. The van der Waals surface area contributed by atoms with E-state index in [1.54, 1.807) is 17.1 Å². The largest absolute Gasteiger partial charge is 0.350 e. The molecule has 1 aromatic heterocycles. The second-order valence-electron chi connectivity index (χ2n) is 4.54. The molecule has 0 saturated heterocycles. The number of hydrogen-bond donors (Lipinski definition) is 2. The summed E-state index contributed by atoms with van der Waals surface area (Å²) in [5.41, 5.74) is 6.97. The number of amides is 1. The number of aromatic nitrogens is 2. The molecule has 1 heterocycles. The SMILES string of the molecule is CC(CN)CNC(=O)c1cncn1-c1ccccc1. The van der Waals surface area contributed by atoms with Crippen LogP contribution >= 0.6 is 0 Å². The highest BCUT2D eigenvalue weighted by atomic mass is 16.1. The Balaban J connectivity index is 2.14. The quantitative estimate of drug-likeness (QED) is 0.846. The lowest BCUT2D eigenvalue weighted by Gasteiger charge is -2.11. The number of carbonyl (C=O) groups is 1. The highest BCUT2D eigenvalue weighted by molar-refractivity contribution is 5.92. The molecule has 0 radical (unpaired) electrons. The van der Waals surface area contributed by atoms with Crippen LogP contribution < -0.4 is 11.1 Å². The summed E-state index contributed by atoms with van der Waals surface area (Å²) in [5.74, 6) is 0.124. The van der Waals surface area contributed by atoms with Crippen LogP contribution in [-0.2, 0) is 0 Å². The first-order valence-electron chi connectivity index (χ1n) is 6.28. The lowest BCUT2D eigenvalue weighted by atomic mass is 10.2. The molecule has 2 rings (SSSR count). The predicted molar refractivity (Wildman–Crippen MR) is 74.1 cm³/mol. The van der Waals surface area contributed by atoms with Gasteiger partial charge >= 0.3 is 0 Å². The van der Waals surface area contributed by atoms with Crippen LogP contribution in [0.2, 0.25) is 0 Å². The third-order valence-corrected chi connectivity index (χ3v) is 2.92. The van der Waals surface area contributed by atoms with Gasteiger partial charge in [0.05, 0.1) is 12.5 Å². The molecule has 1 amide bonds. The molecule has 0 saturated carbocycles. The Morgan fingerprint density at radius 2 is 2.16 bits per heavy atom. The van der Waals surface area contributed by atoms with Gasteiger partial charge in [-0.1, -0.05) is 25.1 Å². The van der Waals surface area contributed by atoms with Crippen LogP contribution in [0, 0.1) is 5.92 Å². The van der Waals surface area contributed by atoms with E-state index in [1.807, 2.05) is 37.3 Å². The van der Waals surface area contributed by atoms with E-state index in [-0.39, 0.29) is 11.8 Å². The van der Waals surface area contributed by atoms with Gasteiger partial charge in [-0.3, -0.25) is 9.36 Å². The summed E-state index contributed by atoms with van der Waals surface area (Å²) in [6.07, 6.45) is 3.20. The summed E-state index contributed by atoms with van der Waals surface area (Å²) in [7, 11) is 0. The molecule has 1 aromatic carbocycles. The van der Waals surface area contributed by atoms with Gasteiger partial charge in [0.1, 0.15) is 5.69 Å². The van der Waals surface area contributed by atoms with Crippen molar-refractivity contribution in [2.75, 3.05) is 13.1 Å². The average Bonchev–Trinajstić information content (AvgIpc) is 2.94. The van der Waals surface area contributed by atoms with Crippen LogP contribution in [0.4, 0.5) is 0 Å². The van der Waals surface area contributed by atoms with Gasteiger partial charge in [0, 0.05) is 12.2 Å². The zero-order chi connectivity index (χ0) is 13.7. The van der Waals surface area contributed by atoms with Gasteiger partial charge in [-0.2, -0.15) is 0 Å². The van der Waals surface area contributed by atoms with E-state index in [4.69, 9.17) is 5.73 Å². The predicted octanol–water partition coefficient (Wildman–Crippen LogP) is 1.20. The monoisotopic (exact) mass is 258 g/mol. The second-order valence-corrected chi connectivity index (χ2v) is 4.54. The van der Waals surface area contributed by atoms with E-state index in [9.17, 15) is 4.79 Å². The normalized spacial score (nSPS) is 12.1. The van der Waals surface area contributed by atoms with Crippen molar-refractivity contribution in [1.29, 1.82) is 0 Å². The van der Waals surface area contributed by atoms with Crippen molar-refractivity contribution in [3.05, 3.63) is 48.5 Å². The average molecular weight is 258 g/mol. The fourth-order valence-corrected chi connectivity index (χ4v) is 1.70. The Bertz CT molecular complexity index is 535. The molecule has 100 valence electrons. The van der Waals surface area contributed by atoms with Crippen LogP contribution in [0.25, 0.3) is 5.69 Å². The Kier molecular flexibility index (Phi) is 4.30. The molecule has 0 fully saturated rings. The lowest BCUT2D eigenvalue weighted by molar-refractivity contribution is 0.0941. The first kappa shape index (κ1) is 13.3. The number of imidazole rings is 1. The van der Waals surface area contributed by atoms with Crippen molar-refractivity contribution in [3.63, 3.8) is 0 Å². The molecule has 2 aromatic rings. The minimum absolute atomic E-state index is 0.137. The van der Waals surface area contributed by atoms with Crippen molar-refractivity contribution < 1.29 is 4.79 Å². The summed E-state index contributed by atoms with van der Waals surface area (Å²) >= 11 is 0. The van der Waals surface area contributed by atoms with E-state index >= 15 is 0 Å². The molecular weight excluding hydrogens is 240 g/mol. The van der Waals surface area contributed by atoms with Gasteiger partial charge in [0.15, 0.2) is 0 Å². The van der Waals surface area contributed by atoms with E-state index in [0.717, 1.165) is 5.69 Å². The summed E-state index contributed by atoms with van der Waals surface area (Å²) in [6.45, 7) is 3.11. The minimum atomic E-state index is -0.137. The van der Waals surface area contributed by atoms with Crippen LogP contribution in [0.3, 0.4) is 0 Å². The van der Waals surface area contributed by atoms with Gasteiger partial charge < -0.3 is 11.1 Å². The highest BCUT2D eigenvalue weighted by Gasteiger charge is 2.13. The zero-order valence-corrected chi connectivity index (χ0v) is 10.9. The molecule has 0 bridgehead atoms. The van der Waals surface area contributed by atoms with E-state index in [0.29, 0.717) is 18.8 Å². The molecular formula is C14H18N4O. The Morgan fingerprint density at radius 1 is 1.42 bits per heavy atom. The summed E-state index contributed by atoms with van der Waals surface area (Å²) in [5, 5.41) is 2.87. The van der Waals surface area contributed by atoms with Gasteiger partial charge in [0.2, 0.25) is 0 Å². The fourth-order valence-electron chi connectivity index (χ4n) is 1.70. The van der Waals surface area contributed by atoms with Crippen LogP contribution in [-0.4, -0.2) is 28.5 Å². The van der Waals surface area contributed by atoms with Crippen molar-refractivity contribution in [1.82, 2.24) is 14.9 Å². The van der Waals surface area contributed by atoms with Crippen molar-refractivity contribution in [2.45, 2.75) is 6.92 Å². The molecule has 0 aliphatic rings. The van der Waals surface area contributed by atoms with Crippen LogP contribution in [0.5, 0.6) is 0 Å². The summed E-state index contributed by atoms with van der Waals surface area (Å²) in [6, 6.07) is 9.64. The maximum Gasteiger partial charge on any atom is 0.269 e. The molecule has 5 nitrogen and oxygen atoms in total. The molecule has 1 atom stereocenters. The maximum absolute atomic E-state index is 12.1. The van der Waals surface area contributed by atoms with E-state index < -0.39 is 0 Å². The fraction of sp³-hybridized carbons (Fsp3) is 0.286. The Morgan fingerprint density at radius 3 is 2.84 bits per heavy atom. The number of nitrogens with zero attached hydrogens (tertiary/aromatic N) is 2. The number of rotatable bonds is 5. The third kappa shape index (κ3) is 3.20. The topological polar surface area (TPSA) is 72.9 Å². The summed E-state index contributed by atoms with van der Waals surface area (Å²) < 4.78 is 1.77. The van der Waals surface area contributed by atoms with Gasteiger partial charge in [-0.25, -0.2) is 4.98 Å². The molecule has 0 aliphatic heterocycles. The van der Waals surface area contributed by atoms with Crippen molar-refractivity contribution >= 4 is 5.91 Å². The van der Waals surface area contributed by atoms with Gasteiger partial charge in [0.25, 0.3) is 5.91 Å². The zero-order valence-electron chi connectivity index (χ0n) is 10.9. The maximum atomic E-state index is 12.1. The lowest BCUT2D eigenvalue weighted by Crippen LogP contribution is -2.32. The molecule has 5 heteroatoms. The number of carbonyl (C=O) groups excluding carboxylic acids is 1. The van der Waals surface area contributed by atoms with E-state index in [2.05, 4.69) is 10.3 Å². The molecule has 19 heavy (non-hydrogen) atoms. The van der Waals surface area contributed by atoms with E-state index in [1.165, 1.54) is 0 Å². The number of hydrogen-bond acceptors (Lipinski definition) is 3.